The van der Waals surface area contributed by atoms with Gasteiger partial charge in [0.1, 0.15) is 11.5 Å². The number of nitrogens with zero attached hydrogens (tertiary/aromatic N) is 2. The van der Waals surface area contributed by atoms with E-state index in [1.165, 1.54) is 6.07 Å². The fourth-order valence-corrected chi connectivity index (χ4v) is 2.84. The molecule has 0 aliphatic heterocycles. The number of carbonyl (C=O) groups excluding carboxylic acids is 1. The second kappa shape index (κ2) is 5.23. The Hall–Kier alpha value is -2.17. The molecule has 0 saturated heterocycles. The Morgan fingerprint density at radius 2 is 2.00 bits per heavy atom. The van der Waals surface area contributed by atoms with Gasteiger partial charge >= 0.3 is 0 Å². The van der Waals surface area contributed by atoms with Gasteiger partial charge in [-0.05, 0) is 52.2 Å². The zero-order chi connectivity index (χ0) is 15.9. The molecule has 0 radical (unpaired) electrons. The van der Waals surface area contributed by atoms with Gasteiger partial charge in [0.05, 0.1) is 0 Å². The fraction of sp³-hybridized carbons (Fsp3) is 0.412. The zero-order valence-electron chi connectivity index (χ0n) is 13.1. The first-order chi connectivity index (χ1) is 10.4. The van der Waals surface area contributed by atoms with Crippen molar-refractivity contribution in [3.8, 4) is 5.69 Å². The van der Waals surface area contributed by atoms with E-state index in [2.05, 4.69) is 10.4 Å². The van der Waals surface area contributed by atoms with Gasteiger partial charge in [0.2, 0.25) is 0 Å². The minimum Gasteiger partial charge on any atom is -0.346 e. The Balaban J connectivity index is 2.06. The molecular weight excluding hydrogens is 281 g/mol. The van der Waals surface area contributed by atoms with Crippen molar-refractivity contribution in [2.24, 2.45) is 0 Å². The number of halogens is 1. The molecule has 1 aliphatic carbocycles. The standard InChI is InChI=1S/C17H20FN3O/c1-17(2,3)19-16(22)15-11-7-6-10-13(11)21(20-15)14-9-5-4-8-12(14)18/h4-5,8-9H,6-7,10H2,1-3H3,(H,19,22). The molecule has 0 fully saturated rings. The number of hydrogen-bond donors (Lipinski definition) is 1. The highest BCUT2D eigenvalue weighted by Crippen LogP contribution is 2.28. The highest BCUT2D eigenvalue weighted by atomic mass is 19.1. The van der Waals surface area contributed by atoms with Crippen LogP contribution in [0.4, 0.5) is 4.39 Å². The van der Waals surface area contributed by atoms with Gasteiger partial charge in [0.15, 0.2) is 5.69 Å². The van der Waals surface area contributed by atoms with Gasteiger partial charge in [0, 0.05) is 16.8 Å². The predicted molar refractivity (Wildman–Crippen MR) is 82.8 cm³/mol. The smallest absolute Gasteiger partial charge is 0.272 e. The maximum absolute atomic E-state index is 14.1. The Kier molecular flexibility index (Phi) is 3.51. The lowest BCUT2D eigenvalue weighted by atomic mass is 10.1. The number of para-hydroxylation sites is 1. The summed E-state index contributed by atoms with van der Waals surface area (Å²) in [7, 11) is 0. The van der Waals surface area contributed by atoms with E-state index in [0.29, 0.717) is 11.4 Å². The number of carbonyl (C=O) groups is 1. The van der Waals surface area contributed by atoms with E-state index in [4.69, 9.17) is 0 Å². The van der Waals surface area contributed by atoms with E-state index in [1.54, 1.807) is 22.9 Å². The van der Waals surface area contributed by atoms with Crippen LogP contribution in [0.3, 0.4) is 0 Å². The van der Waals surface area contributed by atoms with Gasteiger partial charge in [-0.15, -0.1) is 0 Å². The van der Waals surface area contributed by atoms with Crippen molar-refractivity contribution in [1.29, 1.82) is 0 Å². The lowest BCUT2D eigenvalue weighted by Gasteiger charge is -2.19. The van der Waals surface area contributed by atoms with E-state index >= 15 is 0 Å². The third-order valence-corrected chi connectivity index (χ3v) is 3.71. The van der Waals surface area contributed by atoms with Gasteiger partial charge in [-0.3, -0.25) is 4.79 Å². The molecule has 1 aromatic heterocycles. The summed E-state index contributed by atoms with van der Waals surface area (Å²) >= 11 is 0. The fourth-order valence-electron chi connectivity index (χ4n) is 2.84. The number of rotatable bonds is 2. The molecule has 0 spiro atoms. The Morgan fingerprint density at radius 1 is 1.27 bits per heavy atom. The third kappa shape index (κ3) is 2.63. The molecule has 0 unspecified atom stereocenters. The van der Waals surface area contributed by atoms with Crippen LogP contribution in [0.1, 0.15) is 48.9 Å². The highest BCUT2D eigenvalue weighted by Gasteiger charge is 2.29. The number of fused-ring (bicyclic) bond motifs is 1. The second-order valence-electron chi connectivity index (χ2n) is 6.69. The molecule has 1 aromatic carbocycles. The monoisotopic (exact) mass is 301 g/mol. The van der Waals surface area contributed by atoms with Crippen molar-refractivity contribution in [1.82, 2.24) is 15.1 Å². The minimum atomic E-state index is -0.331. The van der Waals surface area contributed by atoms with E-state index in [1.807, 2.05) is 20.8 Å². The molecule has 1 amide bonds. The summed E-state index contributed by atoms with van der Waals surface area (Å²) in [6.45, 7) is 5.79. The van der Waals surface area contributed by atoms with Crippen LogP contribution < -0.4 is 5.32 Å². The second-order valence-corrected chi connectivity index (χ2v) is 6.69. The van der Waals surface area contributed by atoms with Crippen molar-refractivity contribution >= 4 is 5.91 Å². The number of aromatic nitrogens is 2. The van der Waals surface area contributed by atoms with Crippen LogP contribution in [0.25, 0.3) is 5.69 Å². The number of amides is 1. The predicted octanol–water partition coefficient (Wildman–Crippen LogP) is 3.03. The molecule has 0 bridgehead atoms. The van der Waals surface area contributed by atoms with Gasteiger partial charge < -0.3 is 5.32 Å². The van der Waals surface area contributed by atoms with E-state index in [-0.39, 0.29) is 17.3 Å². The van der Waals surface area contributed by atoms with Gasteiger partial charge in [-0.1, -0.05) is 12.1 Å². The first kappa shape index (κ1) is 14.8. The molecule has 22 heavy (non-hydrogen) atoms. The highest BCUT2D eigenvalue weighted by molar-refractivity contribution is 5.94. The lowest BCUT2D eigenvalue weighted by molar-refractivity contribution is 0.0913. The quantitative estimate of drug-likeness (QED) is 0.927. The number of benzene rings is 1. The van der Waals surface area contributed by atoms with Crippen molar-refractivity contribution in [3.05, 3.63) is 47.0 Å². The maximum Gasteiger partial charge on any atom is 0.272 e. The summed E-state index contributed by atoms with van der Waals surface area (Å²) in [4.78, 5) is 12.5. The molecule has 1 heterocycles. The zero-order valence-corrected chi connectivity index (χ0v) is 13.1. The average molecular weight is 301 g/mol. The molecule has 3 rings (SSSR count). The molecule has 1 aliphatic rings. The van der Waals surface area contributed by atoms with Crippen molar-refractivity contribution < 1.29 is 9.18 Å². The Morgan fingerprint density at radius 3 is 2.68 bits per heavy atom. The normalized spacial score (nSPS) is 14.0. The van der Waals surface area contributed by atoms with Crippen molar-refractivity contribution in [3.63, 3.8) is 0 Å². The van der Waals surface area contributed by atoms with Gasteiger partial charge in [-0.25, -0.2) is 9.07 Å². The molecule has 1 N–H and O–H groups in total. The van der Waals surface area contributed by atoms with Crippen LogP contribution in [-0.2, 0) is 12.8 Å². The average Bonchev–Trinajstić information content (AvgIpc) is 2.99. The summed E-state index contributed by atoms with van der Waals surface area (Å²) in [5.74, 6) is -0.525. The molecule has 0 saturated carbocycles. The first-order valence-corrected chi connectivity index (χ1v) is 7.55. The number of nitrogens with one attached hydrogen (secondary N) is 1. The summed E-state index contributed by atoms with van der Waals surface area (Å²) in [5, 5.41) is 7.35. The van der Waals surface area contributed by atoms with Crippen LogP contribution in [0.5, 0.6) is 0 Å². The molecule has 2 aromatic rings. The van der Waals surface area contributed by atoms with Crippen molar-refractivity contribution in [2.75, 3.05) is 0 Å². The van der Waals surface area contributed by atoms with Crippen LogP contribution in [0, 0.1) is 5.82 Å². The van der Waals surface area contributed by atoms with Crippen LogP contribution in [0.15, 0.2) is 24.3 Å². The van der Waals surface area contributed by atoms with Crippen molar-refractivity contribution in [2.45, 2.75) is 45.6 Å². The summed E-state index contributed by atoms with van der Waals surface area (Å²) in [5.41, 5.74) is 2.39. The third-order valence-electron chi connectivity index (χ3n) is 3.71. The van der Waals surface area contributed by atoms with E-state index in [9.17, 15) is 9.18 Å². The molecule has 4 nitrogen and oxygen atoms in total. The molecule has 116 valence electrons. The lowest BCUT2D eigenvalue weighted by Crippen LogP contribution is -2.41. The first-order valence-electron chi connectivity index (χ1n) is 7.55. The van der Waals surface area contributed by atoms with E-state index < -0.39 is 0 Å². The van der Waals surface area contributed by atoms with E-state index in [0.717, 1.165) is 30.5 Å². The topological polar surface area (TPSA) is 46.9 Å². The Bertz CT molecular complexity index is 728. The summed E-state index contributed by atoms with van der Waals surface area (Å²) in [6.07, 6.45) is 2.60. The Labute approximate surface area is 129 Å². The van der Waals surface area contributed by atoms with Crippen LogP contribution in [-0.4, -0.2) is 21.2 Å². The molecular formula is C17H20FN3O. The maximum atomic E-state index is 14.1. The summed E-state index contributed by atoms with van der Waals surface area (Å²) < 4.78 is 15.7. The SMILES string of the molecule is CC(C)(C)NC(=O)c1nn(-c2ccccc2F)c2c1CCC2. The summed E-state index contributed by atoms with van der Waals surface area (Å²) in [6, 6.07) is 6.52. The molecule has 0 atom stereocenters. The van der Waals surface area contributed by atoms with Gasteiger partial charge in [-0.2, -0.15) is 5.10 Å². The van der Waals surface area contributed by atoms with Crippen LogP contribution in [0.2, 0.25) is 0 Å². The molecule has 5 heteroatoms. The number of hydrogen-bond acceptors (Lipinski definition) is 2. The minimum absolute atomic E-state index is 0.194. The van der Waals surface area contributed by atoms with Gasteiger partial charge in [0.25, 0.3) is 5.91 Å². The largest absolute Gasteiger partial charge is 0.346 e. The van der Waals surface area contributed by atoms with Crippen LogP contribution >= 0.6 is 0 Å².